The molecule has 0 aliphatic heterocycles. The van der Waals surface area contributed by atoms with Crippen molar-refractivity contribution in [3.05, 3.63) is 39.3 Å². The van der Waals surface area contributed by atoms with Gasteiger partial charge >= 0.3 is 6.03 Å². The molecule has 1 atom stereocenters. The fourth-order valence-corrected chi connectivity index (χ4v) is 7.32. The Kier molecular flexibility index (Phi) is 5.37. The van der Waals surface area contributed by atoms with E-state index in [1.54, 1.807) is 0 Å². The maximum Gasteiger partial charge on any atom is 0.354 e. The van der Waals surface area contributed by atoms with Gasteiger partial charge in [-0.3, -0.25) is 4.98 Å². The highest BCUT2D eigenvalue weighted by Crippen LogP contribution is 2.58. The van der Waals surface area contributed by atoms with Crippen molar-refractivity contribution in [2.75, 3.05) is 18.5 Å². The van der Waals surface area contributed by atoms with E-state index in [1.165, 1.54) is 0 Å². The van der Waals surface area contributed by atoms with Crippen LogP contribution in [0.15, 0.2) is 14.6 Å². The topological polar surface area (TPSA) is 138 Å². The largest absolute Gasteiger partial charge is 0.396 e. The molecule has 2 amide bonds. The molecule has 3 aliphatic rings. The zero-order valence-corrected chi connectivity index (χ0v) is 19.0. The first kappa shape index (κ1) is 21.9. The van der Waals surface area contributed by atoms with Gasteiger partial charge in [-0.15, -0.1) is 15.7 Å². The second-order valence-corrected chi connectivity index (χ2v) is 11.9. The van der Waals surface area contributed by atoms with Crippen LogP contribution in [0.1, 0.15) is 59.0 Å². The Hall–Kier alpha value is -1.92. The first-order chi connectivity index (χ1) is 15.3. The Morgan fingerprint density at radius 2 is 2.03 bits per heavy atom. The number of pyridine rings is 1. The molecule has 0 radical (unpaired) electrons. The fraction of sp³-hybridized carbons (Fsp3) is 0.524. The number of aromatic nitrogens is 1. The summed E-state index contributed by atoms with van der Waals surface area (Å²) in [5, 5.41) is 27.2. The van der Waals surface area contributed by atoms with Gasteiger partial charge in [0.15, 0.2) is 19.9 Å². The summed E-state index contributed by atoms with van der Waals surface area (Å²) < 4.78 is 30.7. The number of carbonyl (C=O) groups excluding carboxylic acids is 1. The third-order valence-electron chi connectivity index (χ3n) is 6.77. The van der Waals surface area contributed by atoms with E-state index in [-0.39, 0.29) is 14.5 Å². The normalized spacial score (nSPS) is 19.7. The van der Waals surface area contributed by atoms with E-state index in [0.717, 1.165) is 84.9 Å². The highest BCUT2D eigenvalue weighted by molar-refractivity contribution is 7.93. The SMILES string of the molecule is NS(=O)(=NC(=O)Nc1c2c(nc3c1CCC31CC1)CCC2)c1sc(C(CO)CO)cc1F. The second kappa shape index (κ2) is 7.84. The van der Waals surface area contributed by atoms with Crippen LogP contribution in [0, 0.1) is 5.82 Å². The van der Waals surface area contributed by atoms with Crippen molar-refractivity contribution in [3.8, 4) is 0 Å². The molecule has 1 unspecified atom stereocenters. The van der Waals surface area contributed by atoms with Gasteiger partial charge in [0, 0.05) is 21.9 Å². The zero-order valence-electron chi connectivity index (χ0n) is 17.4. The minimum Gasteiger partial charge on any atom is -0.396 e. The third-order valence-corrected chi connectivity index (χ3v) is 9.97. The Labute approximate surface area is 189 Å². The fourth-order valence-electron chi connectivity index (χ4n) is 4.88. The lowest BCUT2D eigenvalue weighted by atomic mass is 10.0. The molecule has 3 aliphatic carbocycles. The first-order valence-corrected chi connectivity index (χ1v) is 13.1. The van der Waals surface area contributed by atoms with E-state index < -0.39 is 40.9 Å². The van der Waals surface area contributed by atoms with E-state index in [9.17, 15) is 23.6 Å². The molecule has 32 heavy (non-hydrogen) atoms. The van der Waals surface area contributed by atoms with E-state index in [4.69, 9.17) is 10.1 Å². The second-order valence-electron chi connectivity index (χ2n) is 8.81. The van der Waals surface area contributed by atoms with E-state index in [0.29, 0.717) is 5.69 Å². The van der Waals surface area contributed by atoms with Gasteiger partial charge in [-0.1, -0.05) is 0 Å². The van der Waals surface area contributed by atoms with Crippen molar-refractivity contribution in [1.82, 2.24) is 4.98 Å². The van der Waals surface area contributed by atoms with E-state index in [1.807, 2.05) is 0 Å². The van der Waals surface area contributed by atoms with Gasteiger partial charge in [0.1, 0.15) is 0 Å². The molecular formula is C21H25FN4O4S2. The molecule has 1 saturated carbocycles. The van der Waals surface area contributed by atoms with Crippen molar-refractivity contribution in [2.24, 2.45) is 9.50 Å². The molecule has 0 bridgehead atoms. The number of halogens is 1. The highest BCUT2D eigenvalue weighted by atomic mass is 32.2. The van der Waals surface area contributed by atoms with Gasteiger partial charge in [-0.2, -0.15) is 0 Å². The molecule has 172 valence electrons. The Balaban J connectivity index is 1.47. The number of nitrogens with one attached hydrogen (secondary N) is 1. The minimum atomic E-state index is -3.85. The quantitative estimate of drug-likeness (QED) is 0.521. The summed E-state index contributed by atoms with van der Waals surface area (Å²) in [6.07, 6.45) is 6.72. The molecular weight excluding hydrogens is 455 g/mol. The number of hydrogen-bond acceptors (Lipinski definition) is 6. The van der Waals surface area contributed by atoms with Crippen LogP contribution in [-0.2, 0) is 34.6 Å². The Bertz CT molecular complexity index is 1230. The van der Waals surface area contributed by atoms with Crippen LogP contribution in [0.25, 0.3) is 0 Å². The highest BCUT2D eigenvalue weighted by Gasteiger charge is 2.51. The molecule has 2 aromatic heterocycles. The van der Waals surface area contributed by atoms with E-state index in [2.05, 4.69) is 9.68 Å². The van der Waals surface area contributed by atoms with Crippen molar-refractivity contribution in [1.29, 1.82) is 0 Å². The number of urea groups is 1. The molecule has 0 saturated heterocycles. The minimum absolute atomic E-state index is 0.150. The van der Waals surface area contributed by atoms with Crippen LogP contribution >= 0.6 is 11.3 Å². The van der Waals surface area contributed by atoms with E-state index >= 15 is 0 Å². The molecule has 2 aromatic rings. The lowest BCUT2D eigenvalue weighted by Crippen LogP contribution is -2.19. The smallest absolute Gasteiger partial charge is 0.354 e. The van der Waals surface area contributed by atoms with Gasteiger partial charge in [-0.25, -0.2) is 18.5 Å². The van der Waals surface area contributed by atoms with Crippen LogP contribution in [0.5, 0.6) is 0 Å². The molecule has 1 fully saturated rings. The van der Waals surface area contributed by atoms with Crippen LogP contribution < -0.4 is 10.5 Å². The van der Waals surface area contributed by atoms with Gasteiger partial charge in [0.2, 0.25) is 0 Å². The lowest BCUT2D eigenvalue weighted by Gasteiger charge is -2.16. The maximum absolute atomic E-state index is 14.5. The van der Waals surface area contributed by atoms with Gasteiger partial charge in [0.25, 0.3) is 0 Å². The monoisotopic (exact) mass is 480 g/mol. The summed E-state index contributed by atoms with van der Waals surface area (Å²) >= 11 is 0.741. The molecule has 5 N–H and O–H groups in total. The molecule has 11 heteroatoms. The summed E-state index contributed by atoms with van der Waals surface area (Å²) in [5.41, 5.74) is 4.99. The number of thiophene rings is 1. The predicted octanol–water partition coefficient (Wildman–Crippen LogP) is 2.75. The number of carbonyl (C=O) groups is 1. The molecule has 1 spiro atoms. The van der Waals surface area contributed by atoms with Crippen LogP contribution in [0.4, 0.5) is 14.9 Å². The van der Waals surface area contributed by atoms with Crippen LogP contribution in [0.3, 0.4) is 0 Å². The number of fused-ring (bicyclic) bond motifs is 3. The molecule has 0 aromatic carbocycles. The van der Waals surface area contributed by atoms with Crippen LogP contribution in [-0.4, -0.2) is 38.7 Å². The number of hydrogen-bond donors (Lipinski definition) is 4. The lowest BCUT2D eigenvalue weighted by molar-refractivity contribution is 0.194. The van der Waals surface area contributed by atoms with Crippen molar-refractivity contribution in [2.45, 2.75) is 60.5 Å². The van der Waals surface area contributed by atoms with Crippen molar-refractivity contribution >= 4 is 33.0 Å². The average molecular weight is 481 g/mol. The number of nitrogens with two attached hydrogens (primary N) is 1. The number of aryl methyl sites for hydroxylation is 1. The number of anilines is 1. The first-order valence-electron chi connectivity index (χ1n) is 10.7. The number of aliphatic hydroxyl groups excluding tert-OH is 2. The van der Waals surface area contributed by atoms with Gasteiger partial charge < -0.3 is 15.5 Å². The summed E-state index contributed by atoms with van der Waals surface area (Å²) in [5.74, 6) is -1.59. The third kappa shape index (κ3) is 3.56. The number of nitrogens with zero attached hydrogens (tertiary/aromatic N) is 2. The Morgan fingerprint density at radius 3 is 2.72 bits per heavy atom. The molecule has 5 rings (SSSR count). The number of amides is 2. The summed E-state index contributed by atoms with van der Waals surface area (Å²) in [6.45, 7) is -0.807. The molecule has 2 heterocycles. The van der Waals surface area contributed by atoms with Crippen molar-refractivity contribution in [3.63, 3.8) is 0 Å². The zero-order chi connectivity index (χ0) is 22.7. The number of rotatable bonds is 5. The average Bonchev–Trinajstić information content (AvgIpc) is 3.05. The standard InChI is InChI=1S/C21H25FN4O4S2/c22-14-8-16(11(9-27)10-28)31-19(14)32(23,30)26-20(29)25-17-12-2-1-3-15(12)24-18-13(17)4-5-21(18)6-7-21/h8,11,27-28H,1-7,9-10H2,(H3,23,24,25,26,29,30). The Morgan fingerprint density at radius 1 is 1.28 bits per heavy atom. The molecule has 8 nitrogen and oxygen atoms in total. The van der Waals surface area contributed by atoms with Crippen LogP contribution in [0.2, 0.25) is 0 Å². The summed E-state index contributed by atoms with van der Waals surface area (Å²) in [7, 11) is -3.85. The number of aliphatic hydroxyl groups is 2. The van der Waals surface area contributed by atoms with Gasteiger partial charge in [-0.05, 0) is 62.1 Å². The summed E-state index contributed by atoms with van der Waals surface area (Å²) in [4.78, 5) is 18.0. The van der Waals surface area contributed by atoms with Gasteiger partial charge in [0.05, 0.1) is 24.6 Å². The van der Waals surface area contributed by atoms with Crippen molar-refractivity contribution < 1.29 is 23.6 Å². The maximum atomic E-state index is 14.5. The summed E-state index contributed by atoms with van der Waals surface area (Å²) in [6, 6.07) is 0.182. The predicted molar refractivity (Wildman–Crippen MR) is 119 cm³/mol.